The fourth-order valence-electron chi connectivity index (χ4n) is 4.90. The van der Waals surface area contributed by atoms with Gasteiger partial charge in [-0.2, -0.15) is 0 Å². The molecule has 1 amide bonds. The minimum atomic E-state index is -0.193. The van der Waals surface area contributed by atoms with Gasteiger partial charge in [-0.1, -0.05) is 11.6 Å². The normalized spacial score (nSPS) is 20.7. The van der Waals surface area contributed by atoms with Gasteiger partial charge in [0, 0.05) is 47.9 Å². The minimum absolute atomic E-state index is 0.0739. The molecular weight excluding hydrogens is 456 g/mol. The number of carbonyl (C=O) groups is 1. The Morgan fingerprint density at radius 2 is 2.15 bits per heavy atom. The Balaban J connectivity index is 1.53. The molecule has 8 heteroatoms. The van der Waals surface area contributed by atoms with Crippen LogP contribution in [0, 0.1) is 6.92 Å². The summed E-state index contributed by atoms with van der Waals surface area (Å²) in [5, 5.41) is 4.19. The SMILES string of the molecule is Cc1cc(Cl)cc(-c2ncnc3cc(CN4CCCC4=O)sc23)c1C[C@@H]1CNCC(C)(C)O1. The first-order valence-corrected chi connectivity index (χ1v) is 12.7. The van der Waals surface area contributed by atoms with Gasteiger partial charge in [-0.05, 0) is 56.5 Å². The van der Waals surface area contributed by atoms with E-state index in [1.807, 2.05) is 17.0 Å². The fourth-order valence-corrected chi connectivity index (χ4v) is 6.30. The second kappa shape index (κ2) is 8.95. The van der Waals surface area contributed by atoms with E-state index in [4.69, 9.17) is 21.3 Å². The Bertz CT molecular complexity index is 1210. The molecule has 0 spiro atoms. The number of hydrogen-bond acceptors (Lipinski definition) is 6. The summed E-state index contributed by atoms with van der Waals surface area (Å²) in [5.41, 5.74) is 4.98. The smallest absolute Gasteiger partial charge is 0.222 e. The molecule has 2 aliphatic rings. The molecule has 1 atom stereocenters. The number of carbonyl (C=O) groups excluding carboxylic acids is 1. The highest BCUT2D eigenvalue weighted by atomic mass is 35.5. The van der Waals surface area contributed by atoms with Crippen molar-refractivity contribution in [2.45, 2.75) is 58.3 Å². The average molecular weight is 485 g/mol. The number of benzene rings is 1. The van der Waals surface area contributed by atoms with Crippen LogP contribution in [0.15, 0.2) is 24.5 Å². The lowest BCUT2D eigenvalue weighted by molar-refractivity contribution is -0.128. The molecule has 0 bridgehead atoms. The summed E-state index contributed by atoms with van der Waals surface area (Å²) < 4.78 is 7.40. The zero-order valence-electron chi connectivity index (χ0n) is 19.3. The summed E-state index contributed by atoms with van der Waals surface area (Å²) in [5.74, 6) is 0.232. The monoisotopic (exact) mass is 484 g/mol. The minimum Gasteiger partial charge on any atom is -0.369 e. The van der Waals surface area contributed by atoms with Crippen molar-refractivity contribution >= 4 is 39.1 Å². The van der Waals surface area contributed by atoms with Crippen molar-refractivity contribution in [3.05, 3.63) is 45.6 Å². The van der Waals surface area contributed by atoms with Gasteiger partial charge in [-0.3, -0.25) is 4.79 Å². The fraction of sp³-hybridized carbons (Fsp3) is 0.480. The van der Waals surface area contributed by atoms with Crippen LogP contribution < -0.4 is 5.32 Å². The zero-order valence-corrected chi connectivity index (χ0v) is 20.9. The number of nitrogens with one attached hydrogen (secondary N) is 1. The van der Waals surface area contributed by atoms with Gasteiger partial charge in [0.25, 0.3) is 0 Å². The number of aryl methyl sites for hydroxylation is 1. The number of amides is 1. The largest absolute Gasteiger partial charge is 0.369 e. The van der Waals surface area contributed by atoms with Crippen molar-refractivity contribution in [1.29, 1.82) is 0 Å². The van der Waals surface area contributed by atoms with Crippen LogP contribution in [0.25, 0.3) is 21.5 Å². The number of thiophene rings is 1. The molecule has 3 aromatic rings. The lowest BCUT2D eigenvalue weighted by Crippen LogP contribution is -2.51. The number of aromatic nitrogens is 2. The van der Waals surface area contributed by atoms with Crippen LogP contribution in [0.4, 0.5) is 0 Å². The van der Waals surface area contributed by atoms with Gasteiger partial charge in [0.1, 0.15) is 6.33 Å². The molecule has 33 heavy (non-hydrogen) atoms. The van der Waals surface area contributed by atoms with Crippen molar-refractivity contribution < 1.29 is 9.53 Å². The van der Waals surface area contributed by atoms with Gasteiger partial charge in [0.15, 0.2) is 0 Å². The molecule has 1 N–H and O–H groups in total. The Morgan fingerprint density at radius 3 is 2.91 bits per heavy atom. The van der Waals surface area contributed by atoms with Crippen LogP contribution in [0.1, 0.15) is 42.7 Å². The molecule has 2 aliphatic heterocycles. The van der Waals surface area contributed by atoms with Gasteiger partial charge in [-0.15, -0.1) is 11.3 Å². The molecule has 1 aromatic carbocycles. The van der Waals surface area contributed by atoms with Crippen LogP contribution in [-0.2, 0) is 22.5 Å². The van der Waals surface area contributed by atoms with Gasteiger partial charge in [-0.25, -0.2) is 9.97 Å². The van der Waals surface area contributed by atoms with Gasteiger partial charge in [0.05, 0.1) is 34.2 Å². The lowest BCUT2D eigenvalue weighted by atomic mass is 9.93. The molecule has 174 valence electrons. The maximum Gasteiger partial charge on any atom is 0.222 e. The number of hydrogen-bond donors (Lipinski definition) is 1. The summed E-state index contributed by atoms with van der Waals surface area (Å²) in [6.45, 7) is 9.47. The highest BCUT2D eigenvalue weighted by Crippen LogP contribution is 2.38. The van der Waals surface area contributed by atoms with Crippen LogP contribution in [0.5, 0.6) is 0 Å². The molecule has 0 unspecified atom stereocenters. The Morgan fingerprint density at radius 1 is 1.30 bits per heavy atom. The Kier molecular flexibility index (Phi) is 6.16. The summed E-state index contributed by atoms with van der Waals surface area (Å²) in [4.78, 5) is 24.4. The van der Waals surface area contributed by atoms with E-state index in [-0.39, 0.29) is 17.6 Å². The van der Waals surface area contributed by atoms with E-state index >= 15 is 0 Å². The van der Waals surface area contributed by atoms with Crippen molar-refractivity contribution in [1.82, 2.24) is 20.2 Å². The third-order valence-corrected chi connectivity index (χ3v) is 7.75. The Labute approximate surface area is 203 Å². The number of ether oxygens (including phenoxy) is 1. The molecule has 0 radical (unpaired) electrons. The first kappa shape index (κ1) is 22.7. The molecular formula is C25H29ClN4O2S. The number of halogens is 1. The summed E-state index contributed by atoms with van der Waals surface area (Å²) in [6, 6.07) is 6.11. The van der Waals surface area contributed by atoms with E-state index in [0.29, 0.717) is 18.0 Å². The van der Waals surface area contributed by atoms with Crippen LogP contribution in [-0.4, -0.2) is 52.1 Å². The van der Waals surface area contributed by atoms with Crippen molar-refractivity contribution in [3.8, 4) is 11.3 Å². The van der Waals surface area contributed by atoms with Crippen molar-refractivity contribution in [2.24, 2.45) is 0 Å². The first-order chi connectivity index (χ1) is 15.8. The topological polar surface area (TPSA) is 67.4 Å². The number of likely N-dealkylation sites (tertiary alicyclic amines) is 1. The van der Waals surface area contributed by atoms with Crippen molar-refractivity contribution in [2.75, 3.05) is 19.6 Å². The van der Waals surface area contributed by atoms with Crippen LogP contribution in [0.2, 0.25) is 5.02 Å². The Hall–Kier alpha value is -2.06. The second-order valence-corrected chi connectivity index (χ2v) is 11.2. The number of fused-ring (bicyclic) bond motifs is 1. The highest BCUT2D eigenvalue weighted by Gasteiger charge is 2.30. The van der Waals surface area contributed by atoms with Crippen LogP contribution in [0.3, 0.4) is 0 Å². The van der Waals surface area contributed by atoms with Gasteiger partial charge < -0.3 is 15.0 Å². The van der Waals surface area contributed by atoms with Gasteiger partial charge in [0.2, 0.25) is 5.91 Å². The molecule has 5 rings (SSSR count). The highest BCUT2D eigenvalue weighted by molar-refractivity contribution is 7.19. The summed E-state index contributed by atoms with van der Waals surface area (Å²) in [6.07, 6.45) is 4.06. The zero-order chi connectivity index (χ0) is 23.2. The van der Waals surface area contributed by atoms with E-state index < -0.39 is 0 Å². The number of nitrogens with zero attached hydrogens (tertiary/aromatic N) is 3. The van der Waals surface area contributed by atoms with Gasteiger partial charge >= 0.3 is 0 Å². The number of rotatable bonds is 5. The van der Waals surface area contributed by atoms with E-state index in [9.17, 15) is 4.79 Å². The van der Waals surface area contributed by atoms with E-state index in [2.05, 4.69) is 37.1 Å². The lowest BCUT2D eigenvalue weighted by Gasteiger charge is -2.37. The molecule has 2 fully saturated rings. The molecule has 0 aliphatic carbocycles. The molecule has 0 saturated carbocycles. The molecule has 4 heterocycles. The van der Waals surface area contributed by atoms with E-state index in [1.165, 1.54) is 5.56 Å². The third-order valence-electron chi connectivity index (χ3n) is 6.41. The molecule has 2 aromatic heterocycles. The quantitative estimate of drug-likeness (QED) is 0.566. The molecule has 2 saturated heterocycles. The van der Waals surface area contributed by atoms with Crippen LogP contribution >= 0.6 is 22.9 Å². The predicted octanol–water partition coefficient (Wildman–Crippen LogP) is 4.75. The average Bonchev–Trinajstić information content (AvgIpc) is 3.34. The standard InChI is InChI=1S/C25H29ClN4O2S/c1-15-7-16(26)8-20(19(15)9-17-11-27-13-25(2,3)32-17)23-24-21(28-14-29-23)10-18(33-24)12-30-6-4-5-22(30)31/h7-8,10,14,17,27H,4-6,9,11-13H2,1-3H3/t17-/m1/s1. The predicted molar refractivity (Wildman–Crippen MR) is 133 cm³/mol. The maximum absolute atomic E-state index is 12.1. The summed E-state index contributed by atoms with van der Waals surface area (Å²) >= 11 is 8.19. The number of morpholine rings is 1. The van der Waals surface area contributed by atoms with E-state index in [1.54, 1.807) is 17.7 Å². The third kappa shape index (κ3) is 4.78. The summed E-state index contributed by atoms with van der Waals surface area (Å²) in [7, 11) is 0. The second-order valence-electron chi connectivity index (χ2n) is 9.65. The molecule has 6 nitrogen and oxygen atoms in total. The van der Waals surface area contributed by atoms with E-state index in [0.717, 1.165) is 64.4 Å². The first-order valence-electron chi connectivity index (χ1n) is 11.5. The van der Waals surface area contributed by atoms with Crippen molar-refractivity contribution in [3.63, 3.8) is 0 Å². The maximum atomic E-state index is 12.1.